The summed E-state index contributed by atoms with van der Waals surface area (Å²) in [5.74, 6) is -1.50. The van der Waals surface area contributed by atoms with Gasteiger partial charge in [0.2, 0.25) is 0 Å². The number of hydrogen-bond donors (Lipinski definition) is 2. The van der Waals surface area contributed by atoms with Crippen LogP contribution in [0, 0.1) is 45.3 Å². The fraction of sp³-hybridized carbons (Fsp3) is 0.733. The van der Waals surface area contributed by atoms with Crippen molar-refractivity contribution in [3.63, 3.8) is 0 Å². The standard InChI is InChI=1S/C30H40O6/c1-14-10-16(11-15(2)26(35)36)21-22(14)29(6)13-18(32)23-24(30(29,7)25(21)34)17(31)12-19-27(3,4)20(33)8-9-28(19,23)5/h14-15,17,19,22,31H,8-13H2,1-7H3,(H,35,36). The highest BCUT2D eigenvalue weighted by Crippen LogP contribution is 2.73. The Bertz CT molecular complexity index is 1170. The molecule has 0 spiro atoms. The first-order valence-electron chi connectivity index (χ1n) is 13.5. The van der Waals surface area contributed by atoms with E-state index in [2.05, 4.69) is 13.8 Å². The Morgan fingerprint density at radius 1 is 1.11 bits per heavy atom. The number of Topliss-reactive ketones (excluding diaryl/α,β-unsaturated/α-hetero) is 3. The third-order valence-corrected chi connectivity index (χ3v) is 11.5. The van der Waals surface area contributed by atoms with Gasteiger partial charge < -0.3 is 10.2 Å². The van der Waals surface area contributed by atoms with E-state index in [0.717, 1.165) is 11.1 Å². The lowest BCUT2D eigenvalue weighted by Gasteiger charge is -2.60. The number of aliphatic hydroxyl groups excluding tert-OH is 1. The van der Waals surface area contributed by atoms with Gasteiger partial charge in [-0.1, -0.05) is 47.1 Å². The number of hydrogen-bond acceptors (Lipinski definition) is 5. The molecule has 2 saturated carbocycles. The number of ketones is 3. The van der Waals surface area contributed by atoms with Crippen LogP contribution in [0.25, 0.3) is 0 Å². The number of aliphatic carboxylic acids is 1. The highest BCUT2D eigenvalue weighted by Gasteiger charge is 2.72. The average Bonchev–Trinajstić information content (AvgIpc) is 3.19. The molecule has 0 aromatic heterocycles. The number of aliphatic hydroxyl groups is 1. The van der Waals surface area contributed by atoms with Crippen molar-refractivity contribution in [3.8, 4) is 0 Å². The predicted octanol–water partition coefficient (Wildman–Crippen LogP) is 4.69. The van der Waals surface area contributed by atoms with Gasteiger partial charge in [0.05, 0.1) is 17.4 Å². The summed E-state index contributed by atoms with van der Waals surface area (Å²) < 4.78 is 0. The molecule has 0 aromatic carbocycles. The van der Waals surface area contributed by atoms with Crippen LogP contribution in [0.3, 0.4) is 0 Å². The van der Waals surface area contributed by atoms with Gasteiger partial charge in [-0.25, -0.2) is 0 Å². The van der Waals surface area contributed by atoms with Gasteiger partial charge in [0.25, 0.3) is 0 Å². The first-order valence-corrected chi connectivity index (χ1v) is 13.5. The van der Waals surface area contributed by atoms with Crippen molar-refractivity contribution in [1.29, 1.82) is 0 Å². The van der Waals surface area contributed by atoms with Gasteiger partial charge in [-0.05, 0) is 66.9 Å². The second-order valence-corrected chi connectivity index (χ2v) is 13.7. The maximum atomic E-state index is 14.5. The zero-order valence-corrected chi connectivity index (χ0v) is 22.7. The van der Waals surface area contributed by atoms with E-state index in [0.29, 0.717) is 43.3 Å². The summed E-state index contributed by atoms with van der Waals surface area (Å²) in [6.45, 7) is 13.7. The molecule has 0 amide bonds. The van der Waals surface area contributed by atoms with E-state index in [1.807, 2.05) is 27.7 Å². The van der Waals surface area contributed by atoms with Crippen molar-refractivity contribution in [2.45, 2.75) is 93.1 Å². The van der Waals surface area contributed by atoms with Crippen molar-refractivity contribution in [1.82, 2.24) is 0 Å². The number of carbonyl (C=O) groups is 4. The lowest BCUT2D eigenvalue weighted by Crippen LogP contribution is -2.60. The molecular weight excluding hydrogens is 456 g/mol. The van der Waals surface area contributed by atoms with Crippen LogP contribution in [-0.4, -0.2) is 39.6 Å². The van der Waals surface area contributed by atoms with E-state index in [-0.39, 0.29) is 41.5 Å². The molecule has 196 valence electrons. The quantitative estimate of drug-likeness (QED) is 0.587. The Kier molecular flexibility index (Phi) is 5.32. The summed E-state index contributed by atoms with van der Waals surface area (Å²) in [7, 11) is 0. The minimum Gasteiger partial charge on any atom is -0.481 e. The lowest BCUT2D eigenvalue weighted by molar-refractivity contribution is -0.146. The molecule has 36 heavy (non-hydrogen) atoms. The van der Waals surface area contributed by atoms with Crippen LogP contribution >= 0.6 is 0 Å². The minimum atomic E-state index is -1.03. The molecule has 0 aromatic rings. The van der Waals surface area contributed by atoms with Crippen molar-refractivity contribution in [2.24, 2.45) is 45.3 Å². The van der Waals surface area contributed by atoms with Crippen LogP contribution in [0.5, 0.6) is 0 Å². The Morgan fingerprint density at radius 2 is 1.75 bits per heavy atom. The number of carboxylic acids is 1. The highest BCUT2D eigenvalue weighted by molar-refractivity contribution is 6.12. The van der Waals surface area contributed by atoms with Gasteiger partial charge in [-0.2, -0.15) is 0 Å². The smallest absolute Gasteiger partial charge is 0.306 e. The van der Waals surface area contributed by atoms with E-state index in [1.165, 1.54) is 0 Å². The van der Waals surface area contributed by atoms with Gasteiger partial charge in [-0.15, -0.1) is 0 Å². The third-order valence-electron chi connectivity index (χ3n) is 11.5. The van der Waals surface area contributed by atoms with Gasteiger partial charge in [-0.3, -0.25) is 19.2 Å². The molecule has 5 aliphatic rings. The maximum Gasteiger partial charge on any atom is 0.306 e. The fourth-order valence-electron chi connectivity index (χ4n) is 9.58. The van der Waals surface area contributed by atoms with Crippen molar-refractivity contribution >= 4 is 23.3 Å². The number of carboxylic acid groups (broad SMARTS) is 1. The number of fused-ring (bicyclic) bond motifs is 6. The molecule has 0 radical (unpaired) electrons. The number of carbonyl (C=O) groups excluding carboxylic acids is 3. The van der Waals surface area contributed by atoms with Gasteiger partial charge >= 0.3 is 5.97 Å². The Labute approximate surface area is 213 Å². The second kappa shape index (κ2) is 7.49. The molecule has 5 aliphatic carbocycles. The summed E-state index contributed by atoms with van der Waals surface area (Å²) in [6, 6.07) is 0. The molecule has 0 bridgehead atoms. The summed E-state index contributed by atoms with van der Waals surface area (Å²) in [5, 5.41) is 21.2. The Morgan fingerprint density at radius 3 is 2.36 bits per heavy atom. The first-order chi connectivity index (χ1) is 16.5. The van der Waals surface area contributed by atoms with Gasteiger partial charge in [0.15, 0.2) is 11.6 Å². The van der Waals surface area contributed by atoms with Crippen molar-refractivity contribution in [2.75, 3.05) is 0 Å². The second-order valence-electron chi connectivity index (χ2n) is 13.7. The molecular formula is C30H40O6. The van der Waals surface area contributed by atoms with Crippen LogP contribution in [0.15, 0.2) is 22.3 Å². The van der Waals surface area contributed by atoms with Crippen molar-refractivity contribution < 1.29 is 29.4 Å². The zero-order chi connectivity index (χ0) is 26.7. The van der Waals surface area contributed by atoms with Crippen LogP contribution in [0.4, 0.5) is 0 Å². The van der Waals surface area contributed by atoms with E-state index >= 15 is 0 Å². The zero-order valence-electron chi connectivity index (χ0n) is 22.7. The first kappa shape index (κ1) is 25.6. The fourth-order valence-corrected chi connectivity index (χ4v) is 9.58. The number of allylic oxidation sites excluding steroid dienone is 3. The monoisotopic (exact) mass is 496 g/mol. The molecule has 8 atom stereocenters. The third kappa shape index (κ3) is 2.83. The van der Waals surface area contributed by atoms with Crippen LogP contribution < -0.4 is 0 Å². The Balaban J connectivity index is 1.72. The minimum absolute atomic E-state index is 0.00924. The number of rotatable bonds is 3. The molecule has 5 rings (SSSR count). The molecule has 0 heterocycles. The van der Waals surface area contributed by atoms with E-state index in [9.17, 15) is 29.4 Å². The highest BCUT2D eigenvalue weighted by atomic mass is 16.4. The molecule has 8 unspecified atom stereocenters. The molecule has 6 heteroatoms. The molecule has 2 fully saturated rings. The summed E-state index contributed by atoms with van der Waals surface area (Å²) in [5.41, 5.74) is -0.0788. The van der Waals surface area contributed by atoms with E-state index < -0.39 is 39.7 Å². The van der Waals surface area contributed by atoms with E-state index in [4.69, 9.17) is 0 Å². The molecule has 6 nitrogen and oxygen atoms in total. The topological polar surface area (TPSA) is 109 Å². The van der Waals surface area contributed by atoms with E-state index in [1.54, 1.807) is 6.92 Å². The maximum absolute atomic E-state index is 14.5. The summed E-state index contributed by atoms with van der Waals surface area (Å²) in [4.78, 5) is 53.1. The Hall–Kier alpha value is -2.08. The van der Waals surface area contributed by atoms with Gasteiger partial charge in [0, 0.05) is 29.2 Å². The lowest BCUT2D eigenvalue weighted by atomic mass is 9.42. The summed E-state index contributed by atoms with van der Waals surface area (Å²) in [6.07, 6.45) is 1.60. The SMILES string of the molecule is CC(CC1=C2C(=O)C3(C)C4=C(C(=O)CC3(C)C2C(C)C1)C1(C)CCC(=O)C(C)(C)C1CC4O)C(=O)O. The average molecular weight is 497 g/mol. The van der Waals surface area contributed by atoms with Crippen LogP contribution in [-0.2, 0) is 19.2 Å². The summed E-state index contributed by atoms with van der Waals surface area (Å²) >= 11 is 0. The molecule has 0 aliphatic heterocycles. The van der Waals surface area contributed by atoms with Crippen molar-refractivity contribution in [3.05, 3.63) is 22.3 Å². The van der Waals surface area contributed by atoms with Crippen LogP contribution in [0.1, 0.15) is 87.0 Å². The normalized spacial score (nSPS) is 44.3. The molecule has 2 N–H and O–H groups in total. The molecule has 0 saturated heterocycles. The predicted molar refractivity (Wildman–Crippen MR) is 134 cm³/mol. The largest absolute Gasteiger partial charge is 0.481 e. The van der Waals surface area contributed by atoms with Crippen LogP contribution in [0.2, 0.25) is 0 Å². The van der Waals surface area contributed by atoms with Gasteiger partial charge in [0.1, 0.15) is 5.78 Å².